The van der Waals surface area contributed by atoms with E-state index in [4.69, 9.17) is 0 Å². The average molecular weight is 247 g/mol. The summed E-state index contributed by atoms with van der Waals surface area (Å²) in [4.78, 5) is 14.2. The van der Waals surface area contributed by atoms with Crippen molar-refractivity contribution in [3.63, 3.8) is 0 Å². The van der Waals surface area contributed by atoms with Crippen LogP contribution in [0.1, 0.15) is 12.5 Å². The molecule has 18 heavy (non-hydrogen) atoms. The fourth-order valence-electron chi connectivity index (χ4n) is 2.26. The molecule has 1 saturated heterocycles. The zero-order valence-electron chi connectivity index (χ0n) is 11.1. The molecule has 0 aliphatic carbocycles. The van der Waals surface area contributed by atoms with Gasteiger partial charge in [0.1, 0.15) is 0 Å². The third kappa shape index (κ3) is 3.55. The minimum absolute atomic E-state index is 0.0680. The van der Waals surface area contributed by atoms with Crippen LogP contribution in [0.3, 0.4) is 0 Å². The maximum absolute atomic E-state index is 12.0. The van der Waals surface area contributed by atoms with Crippen molar-refractivity contribution in [3.05, 3.63) is 29.8 Å². The highest BCUT2D eigenvalue weighted by Crippen LogP contribution is 2.13. The van der Waals surface area contributed by atoms with Crippen molar-refractivity contribution in [2.24, 2.45) is 0 Å². The molecule has 1 aliphatic rings. The first-order valence-electron chi connectivity index (χ1n) is 6.46. The number of aryl methyl sites for hydroxylation is 1. The van der Waals surface area contributed by atoms with Crippen molar-refractivity contribution in [1.82, 2.24) is 10.2 Å². The van der Waals surface area contributed by atoms with E-state index in [1.165, 1.54) is 0 Å². The van der Waals surface area contributed by atoms with Gasteiger partial charge in [0.25, 0.3) is 0 Å². The molecule has 4 nitrogen and oxygen atoms in total. The number of nitrogens with one attached hydrogen (secondary N) is 2. The summed E-state index contributed by atoms with van der Waals surface area (Å²) in [6, 6.07) is 8.32. The number of hydrogen-bond acceptors (Lipinski definition) is 3. The summed E-state index contributed by atoms with van der Waals surface area (Å²) >= 11 is 0. The molecular weight excluding hydrogens is 226 g/mol. The van der Waals surface area contributed by atoms with Crippen LogP contribution in [0.5, 0.6) is 0 Å². The number of rotatable bonds is 3. The third-order valence-electron chi connectivity index (χ3n) is 3.24. The van der Waals surface area contributed by atoms with Gasteiger partial charge in [-0.15, -0.1) is 0 Å². The van der Waals surface area contributed by atoms with Crippen LogP contribution in [0.25, 0.3) is 0 Å². The summed E-state index contributed by atoms with van der Waals surface area (Å²) in [7, 11) is 0. The lowest BCUT2D eigenvalue weighted by Crippen LogP contribution is -2.51. The number of benzene rings is 1. The third-order valence-corrected chi connectivity index (χ3v) is 3.24. The lowest BCUT2D eigenvalue weighted by Gasteiger charge is -2.31. The molecule has 1 heterocycles. The van der Waals surface area contributed by atoms with Gasteiger partial charge < -0.3 is 10.6 Å². The minimum Gasteiger partial charge on any atom is -0.325 e. The fraction of sp³-hybridized carbons (Fsp3) is 0.500. The van der Waals surface area contributed by atoms with Crippen LogP contribution < -0.4 is 10.6 Å². The van der Waals surface area contributed by atoms with Crippen molar-refractivity contribution in [2.45, 2.75) is 19.9 Å². The van der Waals surface area contributed by atoms with Gasteiger partial charge in [0, 0.05) is 31.4 Å². The van der Waals surface area contributed by atoms with Crippen LogP contribution in [-0.2, 0) is 4.79 Å². The molecule has 1 fully saturated rings. The first kappa shape index (κ1) is 13.1. The molecule has 2 N–H and O–H groups in total. The Morgan fingerprint density at radius 1 is 1.50 bits per heavy atom. The molecule has 4 heteroatoms. The Morgan fingerprint density at radius 2 is 2.28 bits per heavy atom. The summed E-state index contributed by atoms with van der Waals surface area (Å²) in [5.41, 5.74) is 2.00. The number of carbonyl (C=O) groups excluding carboxylic acids is 1. The van der Waals surface area contributed by atoms with Gasteiger partial charge in [-0.3, -0.25) is 9.69 Å². The van der Waals surface area contributed by atoms with E-state index in [2.05, 4.69) is 22.5 Å². The predicted molar refractivity (Wildman–Crippen MR) is 73.7 cm³/mol. The van der Waals surface area contributed by atoms with E-state index in [9.17, 15) is 4.79 Å². The molecule has 0 aromatic heterocycles. The Bertz CT molecular complexity index is 419. The minimum atomic E-state index is 0.0680. The maximum atomic E-state index is 12.0. The quantitative estimate of drug-likeness (QED) is 0.844. The molecule has 98 valence electrons. The van der Waals surface area contributed by atoms with Crippen molar-refractivity contribution in [1.29, 1.82) is 0 Å². The number of piperazine rings is 1. The van der Waals surface area contributed by atoms with Crippen LogP contribution in [0.15, 0.2) is 24.3 Å². The van der Waals surface area contributed by atoms with Crippen molar-refractivity contribution < 1.29 is 4.79 Å². The van der Waals surface area contributed by atoms with Crippen molar-refractivity contribution in [2.75, 3.05) is 31.5 Å². The van der Waals surface area contributed by atoms with E-state index in [0.29, 0.717) is 12.6 Å². The maximum Gasteiger partial charge on any atom is 0.238 e. The largest absolute Gasteiger partial charge is 0.325 e. The molecule has 0 bridgehead atoms. The SMILES string of the molecule is Cc1ccccc1NC(=O)CN1CCN[C@H](C)C1. The molecule has 0 saturated carbocycles. The predicted octanol–water partition coefficient (Wildman–Crippen LogP) is 1.23. The van der Waals surface area contributed by atoms with E-state index in [1.807, 2.05) is 31.2 Å². The van der Waals surface area contributed by atoms with Gasteiger partial charge in [-0.2, -0.15) is 0 Å². The van der Waals surface area contributed by atoms with Gasteiger partial charge in [-0.1, -0.05) is 18.2 Å². The van der Waals surface area contributed by atoms with Crippen LogP contribution in [0.4, 0.5) is 5.69 Å². The summed E-state index contributed by atoms with van der Waals surface area (Å²) in [5, 5.41) is 6.34. The van der Waals surface area contributed by atoms with Crippen LogP contribution in [0, 0.1) is 6.92 Å². The zero-order chi connectivity index (χ0) is 13.0. The summed E-state index contributed by atoms with van der Waals surface area (Å²) < 4.78 is 0. The molecule has 2 rings (SSSR count). The second-order valence-corrected chi connectivity index (χ2v) is 4.95. The molecule has 0 spiro atoms. The summed E-state index contributed by atoms with van der Waals surface area (Å²) in [6.45, 7) is 7.44. The van der Waals surface area contributed by atoms with E-state index >= 15 is 0 Å². The topological polar surface area (TPSA) is 44.4 Å². The van der Waals surface area contributed by atoms with Gasteiger partial charge in [-0.25, -0.2) is 0 Å². The highest BCUT2D eigenvalue weighted by Gasteiger charge is 2.17. The number of nitrogens with zero attached hydrogens (tertiary/aromatic N) is 1. The standard InChI is InChI=1S/C14H21N3O/c1-11-5-3-4-6-13(11)16-14(18)10-17-8-7-15-12(2)9-17/h3-6,12,15H,7-10H2,1-2H3,(H,16,18)/t12-/m1/s1. The number of para-hydroxylation sites is 1. The number of amides is 1. The monoisotopic (exact) mass is 247 g/mol. The number of carbonyl (C=O) groups is 1. The van der Waals surface area contributed by atoms with Gasteiger partial charge in [-0.05, 0) is 25.5 Å². The van der Waals surface area contributed by atoms with Gasteiger partial charge in [0.2, 0.25) is 5.91 Å². The Balaban J connectivity index is 1.87. The van der Waals surface area contributed by atoms with Gasteiger partial charge >= 0.3 is 0 Å². The first-order chi connectivity index (χ1) is 8.65. The number of hydrogen-bond donors (Lipinski definition) is 2. The molecule has 1 atom stereocenters. The fourth-order valence-corrected chi connectivity index (χ4v) is 2.26. The molecular formula is C14H21N3O. The van der Waals surface area contributed by atoms with E-state index < -0.39 is 0 Å². The van der Waals surface area contributed by atoms with Crippen LogP contribution in [-0.4, -0.2) is 43.0 Å². The molecule has 1 amide bonds. The Labute approximate surface area is 108 Å². The van der Waals surface area contributed by atoms with E-state index in [0.717, 1.165) is 30.9 Å². The Morgan fingerprint density at radius 3 is 3.00 bits per heavy atom. The smallest absolute Gasteiger partial charge is 0.238 e. The molecule has 0 unspecified atom stereocenters. The summed E-state index contributed by atoms with van der Waals surface area (Å²) in [5.74, 6) is 0.0680. The van der Waals surface area contributed by atoms with Crippen LogP contribution >= 0.6 is 0 Å². The first-order valence-corrected chi connectivity index (χ1v) is 6.46. The second-order valence-electron chi connectivity index (χ2n) is 4.95. The Kier molecular flexibility index (Phi) is 4.33. The molecule has 0 radical (unpaired) electrons. The van der Waals surface area contributed by atoms with Gasteiger partial charge in [0.15, 0.2) is 0 Å². The zero-order valence-corrected chi connectivity index (χ0v) is 11.1. The lowest BCUT2D eigenvalue weighted by molar-refractivity contribution is -0.117. The lowest BCUT2D eigenvalue weighted by atomic mass is 10.2. The normalized spacial score (nSPS) is 20.7. The molecule has 1 aliphatic heterocycles. The molecule has 1 aromatic rings. The highest BCUT2D eigenvalue weighted by molar-refractivity contribution is 5.92. The van der Waals surface area contributed by atoms with E-state index in [1.54, 1.807) is 0 Å². The highest BCUT2D eigenvalue weighted by atomic mass is 16.2. The Hall–Kier alpha value is -1.39. The van der Waals surface area contributed by atoms with Gasteiger partial charge in [0.05, 0.1) is 6.54 Å². The van der Waals surface area contributed by atoms with Crippen LogP contribution in [0.2, 0.25) is 0 Å². The average Bonchev–Trinajstić information content (AvgIpc) is 2.32. The van der Waals surface area contributed by atoms with E-state index in [-0.39, 0.29) is 5.91 Å². The summed E-state index contributed by atoms with van der Waals surface area (Å²) in [6.07, 6.45) is 0. The second kappa shape index (κ2) is 5.98. The molecule has 1 aromatic carbocycles. The number of anilines is 1. The van der Waals surface area contributed by atoms with Crippen molar-refractivity contribution >= 4 is 11.6 Å². The van der Waals surface area contributed by atoms with Crippen molar-refractivity contribution in [3.8, 4) is 0 Å².